The monoisotopic (exact) mass is 398 g/mol. The summed E-state index contributed by atoms with van der Waals surface area (Å²) < 4.78 is 3.82. The molecule has 0 atom stereocenters. The van der Waals surface area contributed by atoms with Crippen LogP contribution in [-0.2, 0) is 17.6 Å². The smallest absolute Gasteiger partial charge is 0.280 e. The van der Waals surface area contributed by atoms with E-state index in [1.54, 1.807) is 10.3 Å². The van der Waals surface area contributed by atoms with Gasteiger partial charge >= 0.3 is 0 Å². The molecule has 1 fully saturated rings. The Bertz CT molecular complexity index is 831. The van der Waals surface area contributed by atoms with Crippen molar-refractivity contribution in [1.82, 2.24) is 14.9 Å². The fourth-order valence-corrected chi connectivity index (χ4v) is 4.77. The molecule has 0 saturated heterocycles. The van der Waals surface area contributed by atoms with Gasteiger partial charge in [-0.2, -0.15) is 0 Å². The first-order valence-electron chi connectivity index (χ1n) is 10.2. The Morgan fingerprint density at radius 2 is 1.93 bits per heavy atom. The van der Waals surface area contributed by atoms with E-state index in [0.717, 1.165) is 62.2 Å². The summed E-state index contributed by atoms with van der Waals surface area (Å²) in [6.45, 7) is 0.0172. The summed E-state index contributed by atoms with van der Waals surface area (Å²) in [5.41, 5.74) is 3.61. The zero-order valence-corrected chi connectivity index (χ0v) is 16.8. The minimum atomic E-state index is -0.258. The summed E-state index contributed by atoms with van der Waals surface area (Å²) in [6, 6.07) is 6.30. The van der Waals surface area contributed by atoms with Gasteiger partial charge in [-0.25, -0.2) is 0 Å². The molecule has 2 amide bonds. The van der Waals surface area contributed by atoms with Crippen molar-refractivity contribution in [2.24, 2.45) is 0 Å². The molecule has 0 aliphatic heterocycles. The molecule has 2 aliphatic carbocycles. The van der Waals surface area contributed by atoms with Crippen LogP contribution in [-0.4, -0.2) is 34.0 Å². The van der Waals surface area contributed by atoms with Crippen molar-refractivity contribution in [3.05, 3.63) is 40.4 Å². The zero-order valence-electron chi connectivity index (χ0n) is 16.0. The third-order valence-corrected chi connectivity index (χ3v) is 6.26. The van der Waals surface area contributed by atoms with E-state index in [1.165, 1.54) is 24.0 Å². The van der Waals surface area contributed by atoms with Crippen LogP contribution in [0.1, 0.15) is 66.6 Å². The Labute approximate surface area is 169 Å². The Morgan fingerprint density at radius 3 is 2.71 bits per heavy atom. The van der Waals surface area contributed by atoms with E-state index in [2.05, 4.69) is 21.0 Å². The van der Waals surface area contributed by atoms with Crippen LogP contribution in [0.15, 0.2) is 23.6 Å². The molecule has 6 nitrogen and oxygen atoms in total. The number of aromatic nitrogens is 2. The summed E-state index contributed by atoms with van der Waals surface area (Å²) in [5, 5.41) is 8.72. The Kier molecular flexibility index (Phi) is 6.00. The second-order valence-electron chi connectivity index (χ2n) is 7.71. The van der Waals surface area contributed by atoms with Crippen LogP contribution >= 0.6 is 11.5 Å². The Hall–Kier alpha value is -2.28. The van der Waals surface area contributed by atoms with Gasteiger partial charge in [0.05, 0.1) is 0 Å². The van der Waals surface area contributed by atoms with E-state index >= 15 is 0 Å². The first-order valence-corrected chi connectivity index (χ1v) is 11.0. The Balaban J connectivity index is 1.59. The second-order valence-corrected chi connectivity index (χ2v) is 8.32. The van der Waals surface area contributed by atoms with Gasteiger partial charge in [-0.1, -0.05) is 35.9 Å². The van der Waals surface area contributed by atoms with E-state index in [1.807, 2.05) is 12.1 Å². The van der Waals surface area contributed by atoms with E-state index in [-0.39, 0.29) is 24.4 Å². The van der Waals surface area contributed by atoms with Crippen LogP contribution in [0.2, 0.25) is 0 Å². The number of nitrogens with zero attached hydrogens (tertiary/aromatic N) is 3. The van der Waals surface area contributed by atoms with E-state index < -0.39 is 0 Å². The highest BCUT2D eigenvalue weighted by Gasteiger charge is 2.27. The van der Waals surface area contributed by atoms with Crippen molar-refractivity contribution in [2.45, 2.75) is 63.8 Å². The number of hydrogen-bond donors (Lipinski definition) is 1. The molecule has 1 saturated carbocycles. The lowest BCUT2D eigenvalue weighted by atomic mass is 9.90. The lowest BCUT2D eigenvalue weighted by Crippen LogP contribution is -2.45. The van der Waals surface area contributed by atoms with Crippen molar-refractivity contribution >= 4 is 29.0 Å². The summed E-state index contributed by atoms with van der Waals surface area (Å²) in [6.07, 6.45) is 9.85. The number of benzene rings is 1. The standard InChI is InChI=1S/C21H26N4O2S/c26-20(22-16-9-2-1-3-10-16)13-25(21(27)18-14-28-24-23-18)19-12-6-8-15-7-4-5-11-17(15)19/h6,8,12,14,16H,1-5,7,9-11,13H2,(H,22,26). The van der Waals surface area contributed by atoms with Crippen LogP contribution in [0.25, 0.3) is 0 Å². The van der Waals surface area contributed by atoms with Crippen LogP contribution in [0.4, 0.5) is 5.69 Å². The van der Waals surface area contributed by atoms with Gasteiger partial charge in [0.1, 0.15) is 6.54 Å². The molecule has 2 aromatic rings. The zero-order chi connectivity index (χ0) is 19.3. The number of carbonyl (C=O) groups excluding carboxylic acids is 2. The fourth-order valence-electron chi connectivity index (χ4n) is 4.34. The minimum Gasteiger partial charge on any atom is -0.352 e. The molecule has 148 valence electrons. The number of amides is 2. The van der Waals surface area contributed by atoms with Gasteiger partial charge < -0.3 is 5.32 Å². The summed E-state index contributed by atoms with van der Waals surface area (Å²) >= 11 is 1.15. The largest absolute Gasteiger partial charge is 0.352 e. The lowest BCUT2D eigenvalue weighted by molar-refractivity contribution is -0.120. The molecule has 1 N–H and O–H groups in total. The van der Waals surface area contributed by atoms with Gasteiger partial charge in [0, 0.05) is 17.1 Å². The number of anilines is 1. The molecule has 1 aromatic carbocycles. The predicted octanol–water partition coefficient (Wildman–Crippen LogP) is 3.51. The average molecular weight is 399 g/mol. The second kappa shape index (κ2) is 8.82. The SMILES string of the molecule is O=C(CN(C(=O)c1csnn1)c1cccc2c1CCCC2)NC1CCCCC1. The maximum Gasteiger partial charge on any atom is 0.280 e. The molecule has 0 spiro atoms. The molecule has 1 aromatic heterocycles. The first kappa shape index (κ1) is 19.1. The highest BCUT2D eigenvalue weighted by molar-refractivity contribution is 7.03. The predicted molar refractivity (Wildman–Crippen MR) is 110 cm³/mol. The van der Waals surface area contributed by atoms with Crippen molar-refractivity contribution in [2.75, 3.05) is 11.4 Å². The number of hydrogen-bond acceptors (Lipinski definition) is 5. The van der Waals surface area contributed by atoms with E-state index in [4.69, 9.17) is 0 Å². The number of rotatable bonds is 5. The van der Waals surface area contributed by atoms with Gasteiger partial charge in [-0.05, 0) is 67.3 Å². The molecule has 28 heavy (non-hydrogen) atoms. The van der Waals surface area contributed by atoms with Crippen molar-refractivity contribution < 1.29 is 9.59 Å². The van der Waals surface area contributed by atoms with E-state index in [0.29, 0.717) is 5.69 Å². The van der Waals surface area contributed by atoms with Crippen molar-refractivity contribution in [3.63, 3.8) is 0 Å². The van der Waals surface area contributed by atoms with E-state index in [9.17, 15) is 9.59 Å². The molecule has 2 aliphatic rings. The minimum absolute atomic E-state index is 0.0172. The van der Waals surface area contributed by atoms with Gasteiger partial charge in [0.2, 0.25) is 5.91 Å². The average Bonchev–Trinajstić information content (AvgIpc) is 3.27. The Morgan fingerprint density at radius 1 is 1.11 bits per heavy atom. The number of carbonyl (C=O) groups is 2. The normalized spacial score (nSPS) is 17.0. The van der Waals surface area contributed by atoms with Gasteiger partial charge in [-0.15, -0.1) is 5.10 Å². The third kappa shape index (κ3) is 4.24. The molecule has 1 heterocycles. The fraction of sp³-hybridized carbons (Fsp3) is 0.524. The first-order chi connectivity index (χ1) is 13.7. The summed E-state index contributed by atoms with van der Waals surface area (Å²) in [5.74, 6) is -0.358. The maximum atomic E-state index is 13.2. The van der Waals surface area contributed by atoms with Crippen LogP contribution in [0.3, 0.4) is 0 Å². The molecule has 0 radical (unpaired) electrons. The summed E-state index contributed by atoms with van der Waals surface area (Å²) in [7, 11) is 0. The van der Waals surface area contributed by atoms with Crippen molar-refractivity contribution in [1.29, 1.82) is 0 Å². The molecule has 0 unspecified atom stereocenters. The van der Waals surface area contributed by atoms with Crippen LogP contribution in [0.5, 0.6) is 0 Å². The topological polar surface area (TPSA) is 75.2 Å². The highest BCUT2D eigenvalue weighted by atomic mass is 32.1. The molecule has 0 bridgehead atoms. The molecular weight excluding hydrogens is 372 g/mol. The summed E-state index contributed by atoms with van der Waals surface area (Å²) in [4.78, 5) is 27.6. The molecule has 7 heteroatoms. The highest BCUT2D eigenvalue weighted by Crippen LogP contribution is 2.31. The number of aryl methyl sites for hydroxylation is 1. The van der Waals surface area contributed by atoms with Crippen molar-refractivity contribution in [3.8, 4) is 0 Å². The number of nitrogens with one attached hydrogen (secondary N) is 1. The third-order valence-electron chi connectivity index (χ3n) is 5.76. The molecular formula is C21H26N4O2S. The van der Waals surface area contributed by atoms with Gasteiger partial charge in [0.25, 0.3) is 5.91 Å². The van der Waals surface area contributed by atoms with Crippen LogP contribution < -0.4 is 10.2 Å². The van der Waals surface area contributed by atoms with Gasteiger partial charge in [0.15, 0.2) is 5.69 Å². The quantitative estimate of drug-likeness (QED) is 0.836. The molecule has 4 rings (SSSR count). The van der Waals surface area contributed by atoms with Gasteiger partial charge in [-0.3, -0.25) is 14.5 Å². The maximum absolute atomic E-state index is 13.2. The van der Waals surface area contributed by atoms with Crippen LogP contribution in [0, 0.1) is 0 Å². The number of fused-ring (bicyclic) bond motifs is 1. The lowest BCUT2D eigenvalue weighted by Gasteiger charge is -2.29.